The van der Waals surface area contributed by atoms with Gasteiger partial charge in [0.1, 0.15) is 0 Å². The van der Waals surface area contributed by atoms with E-state index in [2.05, 4.69) is 10.6 Å². The quantitative estimate of drug-likeness (QED) is 0.683. The summed E-state index contributed by atoms with van der Waals surface area (Å²) >= 11 is 1.89. The summed E-state index contributed by atoms with van der Waals surface area (Å²) in [6, 6.07) is 0.177. The number of hydrogen-bond donors (Lipinski definition) is 3. The van der Waals surface area contributed by atoms with Crippen LogP contribution in [0, 0.1) is 5.92 Å². The van der Waals surface area contributed by atoms with Crippen LogP contribution in [0.3, 0.4) is 0 Å². The van der Waals surface area contributed by atoms with Gasteiger partial charge in [0.2, 0.25) is 11.8 Å². The van der Waals surface area contributed by atoms with Crippen LogP contribution in [0.15, 0.2) is 0 Å². The molecule has 0 aromatic rings. The SMILES string of the molecule is NC(=O)CC(NC(=O)CC1CSCCN1)C1CCCCC1. The molecule has 1 saturated heterocycles. The van der Waals surface area contributed by atoms with Crippen LogP contribution in [0.25, 0.3) is 0 Å². The summed E-state index contributed by atoms with van der Waals surface area (Å²) in [6.45, 7) is 0.968. The van der Waals surface area contributed by atoms with E-state index in [4.69, 9.17) is 5.73 Å². The van der Waals surface area contributed by atoms with Crippen molar-refractivity contribution >= 4 is 23.6 Å². The molecule has 1 saturated carbocycles. The largest absolute Gasteiger partial charge is 0.370 e. The fourth-order valence-electron chi connectivity index (χ4n) is 3.33. The van der Waals surface area contributed by atoms with E-state index >= 15 is 0 Å². The van der Waals surface area contributed by atoms with Crippen LogP contribution in [0.5, 0.6) is 0 Å². The third kappa shape index (κ3) is 5.87. The van der Waals surface area contributed by atoms with Crippen LogP contribution in [-0.2, 0) is 9.59 Å². The number of thioether (sulfide) groups is 1. The van der Waals surface area contributed by atoms with Gasteiger partial charge in [-0.3, -0.25) is 9.59 Å². The van der Waals surface area contributed by atoms with Gasteiger partial charge in [0.05, 0.1) is 0 Å². The summed E-state index contributed by atoms with van der Waals surface area (Å²) in [7, 11) is 0. The highest BCUT2D eigenvalue weighted by Crippen LogP contribution is 2.27. The fraction of sp³-hybridized carbons (Fsp3) is 0.867. The molecule has 4 N–H and O–H groups in total. The molecule has 0 radical (unpaired) electrons. The molecule has 2 amide bonds. The third-order valence-electron chi connectivity index (χ3n) is 4.42. The van der Waals surface area contributed by atoms with Crippen molar-refractivity contribution in [2.24, 2.45) is 11.7 Å². The summed E-state index contributed by atoms with van der Waals surface area (Å²) in [6.07, 6.45) is 6.59. The number of hydrogen-bond acceptors (Lipinski definition) is 4. The highest BCUT2D eigenvalue weighted by Gasteiger charge is 2.27. The summed E-state index contributed by atoms with van der Waals surface area (Å²) < 4.78 is 0. The summed E-state index contributed by atoms with van der Waals surface area (Å²) in [5.41, 5.74) is 5.35. The predicted molar refractivity (Wildman–Crippen MR) is 86.0 cm³/mol. The van der Waals surface area contributed by atoms with E-state index in [0.717, 1.165) is 30.9 Å². The molecule has 0 aromatic carbocycles. The van der Waals surface area contributed by atoms with Gasteiger partial charge in [0.15, 0.2) is 0 Å². The Bertz CT molecular complexity index is 353. The maximum atomic E-state index is 12.2. The topological polar surface area (TPSA) is 84.2 Å². The summed E-state index contributed by atoms with van der Waals surface area (Å²) in [4.78, 5) is 23.5. The van der Waals surface area contributed by atoms with Crippen molar-refractivity contribution in [1.82, 2.24) is 10.6 Å². The van der Waals surface area contributed by atoms with Crippen molar-refractivity contribution < 1.29 is 9.59 Å². The zero-order chi connectivity index (χ0) is 15.1. The molecule has 6 heteroatoms. The lowest BCUT2D eigenvalue weighted by Crippen LogP contribution is -2.47. The van der Waals surface area contributed by atoms with Crippen molar-refractivity contribution in [3.8, 4) is 0 Å². The van der Waals surface area contributed by atoms with Crippen molar-refractivity contribution in [1.29, 1.82) is 0 Å². The van der Waals surface area contributed by atoms with Crippen LogP contribution < -0.4 is 16.4 Å². The standard InChI is InChI=1S/C15H27N3O2S/c16-14(19)9-13(11-4-2-1-3-5-11)18-15(20)8-12-10-21-7-6-17-12/h11-13,17H,1-10H2,(H2,16,19)(H,18,20). The molecule has 2 rings (SSSR count). The smallest absolute Gasteiger partial charge is 0.221 e. The van der Waals surface area contributed by atoms with Crippen molar-refractivity contribution in [2.75, 3.05) is 18.1 Å². The Morgan fingerprint density at radius 1 is 1.29 bits per heavy atom. The second kappa shape index (κ2) is 8.63. The minimum atomic E-state index is -0.322. The third-order valence-corrected chi connectivity index (χ3v) is 5.55. The molecule has 0 aromatic heterocycles. The molecule has 0 spiro atoms. The van der Waals surface area contributed by atoms with Gasteiger partial charge in [-0.25, -0.2) is 0 Å². The van der Waals surface area contributed by atoms with Crippen molar-refractivity contribution in [3.63, 3.8) is 0 Å². The van der Waals surface area contributed by atoms with Crippen molar-refractivity contribution in [2.45, 2.75) is 57.0 Å². The van der Waals surface area contributed by atoms with Crippen LogP contribution >= 0.6 is 11.8 Å². The molecule has 2 unspecified atom stereocenters. The van der Waals surface area contributed by atoms with Gasteiger partial charge in [0, 0.05) is 43.0 Å². The van der Waals surface area contributed by atoms with Crippen LogP contribution in [0.4, 0.5) is 0 Å². The van der Waals surface area contributed by atoms with E-state index in [1.54, 1.807) is 0 Å². The Hall–Kier alpha value is -0.750. The van der Waals surface area contributed by atoms with Gasteiger partial charge < -0.3 is 16.4 Å². The number of carbonyl (C=O) groups excluding carboxylic acids is 2. The minimum Gasteiger partial charge on any atom is -0.370 e. The molecule has 5 nitrogen and oxygen atoms in total. The van der Waals surface area contributed by atoms with Gasteiger partial charge in [-0.05, 0) is 18.8 Å². The number of amides is 2. The Morgan fingerprint density at radius 3 is 2.67 bits per heavy atom. The Balaban J connectivity index is 1.84. The average Bonchev–Trinajstić information content (AvgIpc) is 2.48. The summed E-state index contributed by atoms with van der Waals surface area (Å²) in [5.74, 6) is 2.23. The van der Waals surface area contributed by atoms with E-state index in [1.165, 1.54) is 19.3 Å². The van der Waals surface area contributed by atoms with Gasteiger partial charge >= 0.3 is 0 Å². The number of nitrogens with one attached hydrogen (secondary N) is 2. The van der Waals surface area contributed by atoms with Gasteiger partial charge in [-0.1, -0.05) is 19.3 Å². The normalized spacial score (nSPS) is 25.2. The summed E-state index contributed by atoms with van der Waals surface area (Å²) in [5, 5.41) is 6.45. The molecule has 1 heterocycles. The lowest BCUT2D eigenvalue weighted by atomic mass is 9.82. The predicted octanol–water partition coefficient (Wildman–Crippen LogP) is 1.02. The van der Waals surface area contributed by atoms with E-state index in [-0.39, 0.29) is 30.3 Å². The minimum absolute atomic E-state index is 0.0480. The van der Waals surface area contributed by atoms with Crippen molar-refractivity contribution in [3.05, 3.63) is 0 Å². The number of carbonyl (C=O) groups is 2. The Kier molecular flexibility index (Phi) is 6.83. The molecule has 2 aliphatic rings. The first kappa shape index (κ1) is 16.6. The lowest BCUT2D eigenvalue weighted by Gasteiger charge is -2.31. The average molecular weight is 313 g/mol. The maximum Gasteiger partial charge on any atom is 0.221 e. The molecular weight excluding hydrogens is 286 g/mol. The highest BCUT2D eigenvalue weighted by atomic mass is 32.2. The lowest BCUT2D eigenvalue weighted by molar-refractivity contribution is -0.123. The first-order valence-electron chi connectivity index (χ1n) is 8.04. The van der Waals surface area contributed by atoms with Crippen LogP contribution in [-0.4, -0.2) is 41.9 Å². The molecule has 1 aliphatic heterocycles. The number of nitrogens with two attached hydrogens (primary N) is 1. The molecule has 2 atom stereocenters. The molecule has 21 heavy (non-hydrogen) atoms. The molecular formula is C15H27N3O2S. The van der Waals surface area contributed by atoms with Gasteiger partial charge in [-0.2, -0.15) is 11.8 Å². The van der Waals surface area contributed by atoms with Crippen LogP contribution in [0.1, 0.15) is 44.9 Å². The zero-order valence-corrected chi connectivity index (χ0v) is 13.4. The second-order valence-electron chi connectivity index (χ2n) is 6.17. The van der Waals surface area contributed by atoms with E-state index in [0.29, 0.717) is 12.3 Å². The number of primary amides is 1. The zero-order valence-electron chi connectivity index (χ0n) is 12.6. The second-order valence-corrected chi connectivity index (χ2v) is 7.32. The Labute approximate surface area is 131 Å². The van der Waals surface area contributed by atoms with Crippen LogP contribution in [0.2, 0.25) is 0 Å². The molecule has 1 aliphatic carbocycles. The van der Waals surface area contributed by atoms with Gasteiger partial charge in [-0.15, -0.1) is 0 Å². The molecule has 120 valence electrons. The highest BCUT2D eigenvalue weighted by molar-refractivity contribution is 7.99. The molecule has 0 bridgehead atoms. The maximum absolute atomic E-state index is 12.2. The first-order valence-corrected chi connectivity index (χ1v) is 9.19. The Morgan fingerprint density at radius 2 is 2.05 bits per heavy atom. The number of rotatable bonds is 6. The van der Waals surface area contributed by atoms with E-state index < -0.39 is 0 Å². The van der Waals surface area contributed by atoms with Gasteiger partial charge in [0.25, 0.3) is 0 Å². The van der Waals surface area contributed by atoms with E-state index in [9.17, 15) is 9.59 Å². The monoisotopic (exact) mass is 313 g/mol. The molecule has 2 fully saturated rings. The fourth-order valence-corrected chi connectivity index (χ4v) is 4.28. The first-order chi connectivity index (χ1) is 10.1. The van der Waals surface area contributed by atoms with E-state index in [1.807, 2.05) is 11.8 Å².